The van der Waals surface area contributed by atoms with Crippen molar-refractivity contribution in [3.63, 3.8) is 0 Å². The fourth-order valence-corrected chi connectivity index (χ4v) is 3.51. The number of aryl methyl sites for hydroxylation is 1. The Labute approximate surface area is 154 Å². The van der Waals surface area contributed by atoms with Crippen molar-refractivity contribution < 1.29 is 9.53 Å². The molecule has 4 heteroatoms. The Morgan fingerprint density at radius 2 is 1.88 bits per heavy atom. The van der Waals surface area contributed by atoms with Gasteiger partial charge in [-0.05, 0) is 54.7 Å². The van der Waals surface area contributed by atoms with Crippen molar-refractivity contribution in [3.05, 3.63) is 64.7 Å². The van der Waals surface area contributed by atoms with Gasteiger partial charge in [-0.2, -0.15) is 0 Å². The van der Waals surface area contributed by atoms with Crippen LogP contribution in [0.1, 0.15) is 36.3 Å². The Morgan fingerprint density at radius 1 is 1.16 bits per heavy atom. The first-order valence-electron chi connectivity index (χ1n) is 8.82. The first-order valence-corrected chi connectivity index (χ1v) is 9.19. The predicted octanol–water partition coefficient (Wildman–Crippen LogP) is 4.69. The molecular weight excluding hydrogens is 334 g/mol. The number of ether oxygens (including phenoxy) is 1. The first-order chi connectivity index (χ1) is 12.2. The Morgan fingerprint density at radius 3 is 2.56 bits per heavy atom. The van der Waals surface area contributed by atoms with Crippen LogP contribution in [0.25, 0.3) is 0 Å². The number of halogens is 1. The zero-order valence-electron chi connectivity index (χ0n) is 14.6. The second kappa shape index (κ2) is 8.39. The summed E-state index contributed by atoms with van der Waals surface area (Å²) < 4.78 is 5.21. The lowest BCUT2D eigenvalue weighted by molar-refractivity contribution is -0.130. The highest BCUT2D eigenvalue weighted by atomic mass is 35.5. The molecule has 1 aliphatic rings. The quantitative estimate of drug-likeness (QED) is 0.750. The van der Waals surface area contributed by atoms with E-state index in [0.29, 0.717) is 12.3 Å². The molecule has 1 atom stereocenters. The second-order valence-electron chi connectivity index (χ2n) is 6.58. The van der Waals surface area contributed by atoms with E-state index >= 15 is 0 Å². The minimum Gasteiger partial charge on any atom is -0.497 e. The molecule has 1 unspecified atom stereocenters. The van der Waals surface area contributed by atoms with Gasteiger partial charge in [-0.15, -0.1) is 0 Å². The van der Waals surface area contributed by atoms with Crippen LogP contribution in [0.5, 0.6) is 5.75 Å². The van der Waals surface area contributed by atoms with Crippen LogP contribution in [0, 0.1) is 0 Å². The molecule has 1 heterocycles. The molecule has 2 aromatic rings. The molecule has 132 valence electrons. The van der Waals surface area contributed by atoms with Crippen molar-refractivity contribution in [3.8, 4) is 5.75 Å². The topological polar surface area (TPSA) is 29.5 Å². The van der Waals surface area contributed by atoms with Gasteiger partial charge < -0.3 is 9.64 Å². The summed E-state index contributed by atoms with van der Waals surface area (Å²) >= 11 is 5.90. The lowest BCUT2D eigenvalue weighted by atomic mass is 9.98. The third-order valence-corrected chi connectivity index (χ3v) is 5.15. The number of methoxy groups -OCH3 is 1. The Kier molecular flexibility index (Phi) is 5.98. The maximum Gasteiger partial charge on any atom is 0.222 e. The highest BCUT2D eigenvalue weighted by molar-refractivity contribution is 6.30. The third-order valence-electron chi connectivity index (χ3n) is 4.90. The number of hydrogen-bond acceptors (Lipinski definition) is 2. The van der Waals surface area contributed by atoms with Crippen molar-refractivity contribution in [2.75, 3.05) is 20.2 Å². The molecule has 25 heavy (non-hydrogen) atoms. The van der Waals surface area contributed by atoms with Gasteiger partial charge >= 0.3 is 0 Å². The van der Waals surface area contributed by atoms with E-state index in [9.17, 15) is 4.79 Å². The normalized spacial score (nSPS) is 16.9. The van der Waals surface area contributed by atoms with Crippen molar-refractivity contribution in [2.24, 2.45) is 0 Å². The van der Waals surface area contributed by atoms with Crippen LogP contribution in [0.3, 0.4) is 0 Å². The summed E-state index contributed by atoms with van der Waals surface area (Å²) in [7, 11) is 1.68. The van der Waals surface area contributed by atoms with Crippen molar-refractivity contribution in [1.29, 1.82) is 0 Å². The summed E-state index contributed by atoms with van der Waals surface area (Å²) in [5, 5.41) is 0.751. The van der Waals surface area contributed by atoms with Crippen LogP contribution in [-0.2, 0) is 11.2 Å². The highest BCUT2D eigenvalue weighted by Gasteiger charge is 2.26. The zero-order valence-corrected chi connectivity index (χ0v) is 15.3. The van der Waals surface area contributed by atoms with Gasteiger partial charge in [-0.3, -0.25) is 4.79 Å². The van der Waals surface area contributed by atoms with Crippen LogP contribution in [-0.4, -0.2) is 31.0 Å². The molecule has 3 nitrogen and oxygen atoms in total. The number of carbonyl (C=O) groups excluding carboxylic acids is 1. The SMILES string of the molecule is COc1ccc(C2CCN(C(=O)CCCc3ccc(Cl)cc3)C2)cc1. The maximum absolute atomic E-state index is 12.5. The molecule has 1 amide bonds. The number of benzene rings is 2. The summed E-state index contributed by atoms with van der Waals surface area (Å²) in [6.07, 6.45) is 3.44. The van der Waals surface area contributed by atoms with E-state index in [4.69, 9.17) is 16.3 Å². The summed E-state index contributed by atoms with van der Waals surface area (Å²) in [6.45, 7) is 1.68. The number of carbonyl (C=O) groups is 1. The molecule has 0 bridgehead atoms. The van der Waals surface area contributed by atoms with E-state index in [-0.39, 0.29) is 5.91 Å². The average molecular weight is 358 g/mol. The maximum atomic E-state index is 12.5. The molecule has 3 rings (SSSR count). The standard InChI is InChI=1S/C21H24ClNO2/c1-25-20-11-7-17(8-12-20)18-13-14-23(15-18)21(24)4-2-3-16-5-9-19(22)10-6-16/h5-12,18H,2-4,13-15H2,1H3. The number of nitrogens with zero attached hydrogens (tertiary/aromatic N) is 1. The summed E-state index contributed by atoms with van der Waals surface area (Å²) in [5.41, 5.74) is 2.52. The minimum atomic E-state index is 0.268. The summed E-state index contributed by atoms with van der Waals surface area (Å²) in [6, 6.07) is 16.1. The minimum absolute atomic E-state index is 0.268. The molecule has 1 aliphatic heterocycles. The number of hydrogen-bond donors (Lipinski definition) is 0. The van der Waals surface area contributed by atoms with Gasteiger partial charge in [0.2, 0.25) is 5.91 Å². The number of rotatable bonds is 6. The highest BCUT2D eigenvalue weighted by Crippen LogP contribution is 2.29. The van der Waals surface area contributed by atoms with Gasteiger partial charge in [0.1, 0.15) is 5.75 Å². The predicted molar refractivity (Wildman–Crippen MR) is 101 cm³/mol. The van der Waals surface area contributed by atoms with Crippen LogP contribution in [0.4, 0.5) is 0 Å². The fourth-order valence-electron chi connectivity index (χ4n) is 3.39. The van der Waals surface area contributed by atoms with Gasteiger partial charge in [-0.1, -0.05) is 35.9 Å². The molecule has 0 radical (unpaired) electrons. The molecule has 0 saturated carbocycles. The van der Waals surface area contributed by atoms with Crippen molar-refractivity contribution in [1.82, 2.24) is 4.90 Å². The molecule has 0 spiro atoms. The van der Waals surface area contributed by atoms with E-state index in [2.05, 4.69) is 12.1 Å². The van der Waals surface area contributed by atoms with Gasteiger partial charge in [0.05, 0.1) is 7.11 Å². The lowest BCUT2D eigenvalue weighted by Gasteiger charge is -2.17. The van der Waals surface area contributed by atoms with Gasteiger partial charge in [0.15, 0.2) is 0 Å². The Balaban J connectivity index is 1.46. The number of amides is 1. The molecule has 0 N–H and O–H groups in total. The van der Waals surface area contributed by atoms with E-state index in [1.165, 1.54) is 11.1 Å². The molecule has 0 aromatic heterocycles. The molecular formula is C21H24ClNO2. The largest absolute Gasteiger partial charge is 0.497 e. The monoisotopic (exact) mass is 357 g/mol. The Bertz CT molecular complexity index is 697. The van der Waals surface area contributed by atoms with E-state index in [1.807, 2.05) is 41.3 Å². The molecule has 1 saturated heterocycles. The smallest absolute Gasteiger partial charge is 0.222 e. The molecule has 0 aliphatic carbocycles. The number of likely N-dealkylation sites (tertiary alicyclic amines) is 1. The fraction of sp³-hybridized carbons (Fsp3) is 0.381. The van der Waals surface area contributed by atoms with Crippen LogP contribution < -0.4 is 4.74 Å². The van der Waals surface area contributed by atoms with Gasteiger partial charge in [-0.25, -0.2) is 0 Å². The average Bonchev–Trinajstić information content (AvgIpc) is 3.13. The van der Waals surface area contributed by atoms with Gasteiger partial charge in [0, 0.05) is 30.5 Å². The van der Waals surface area contributed by atoms with Crippen LogP contribution in [0.2, 0.25) is 5.02 Å². The summed E-state index contributed by atoms with van der Waals surface area (Å²) in [5.74, 6) is 1.58. The van der Waals surface area contributed by atoms with E-state index < -0.39 is 0 Å². The molecule has 1 fully saturated rings. The van der Waals surface area contributed by atoms with Gasteiger partial charge in [0.25, 0.3) is 0 Å². The van der Waals surface area contributed by atoms with Crippen LogP contribution >= 0.6 is 11.6 Å². The summed E-state index contributed by atoms with van der Waals surface area (Å²) in [4.78, 5) is 14.5. The van der Waals surface area contributed by atoms with Crippen molar-refractivity contribution in [2.45, 2.75) is 31.6 Å². The molecule has 2 aromatic carbocycles. The lowest BCUT2D eigenvalue weighted by Crippen LogP contribution is -2.28. The third kappa shape index (κ3) is 4.76. The van der Waals surface area contributed by atoms with E-state index in [0.717, 1.165) is 43.1 Å². The Hall–Kier alpha value is -2.00. The van der Waals surface area contributed by atoms with Crippen LogP contribution in [0.15, 0.2) is 48.5 Å². The van der Waals surface area contributed by atoms with Crippen molar-refractivity contribution >= 4 is 17.5 Å². The van der Waals surface area contributed by atoms with E-state index in [1.54, 1.807) is 7.11 Å². The zero-order chi connectivity index (χ0) is 17.6. The first kappa shape index (κ1) is 17.8. The second-order valence-corrected chi connectivity index (χ2v) is 7.01.